The highest BCUT2D eigenvalue weighted by Gasteiger charge is 2.35. The van der Waals surface area contributed by atoms with Crippen molar-refractivity contribution < 1.29 is 78.6 Å². The smallest absolute Gasteiger partial charge is 0.326 e. The number of fused-ring (bicyclic) bond motifs is 1. The van der Waals surface area contributed by atoms with E-state index in [-0.39, 0.29) is 18.6 Å². The quantitative estimate of drug-likeness (QED) is 0.0466. The van der Waals surface area contributed by atoms with Crippen LogP contribution in [0.2, 0.25) is 0 Å². The molecule has 1 aromatic heterocycles. The number of hydrogen-bond donors (Lipinski definition) is 13. The summed E-state index contributed by atoms with van der Waals surface area (Å²) in [5.74, 6) is -14.8. The van der Waals surface area contributed by atoms with Crippen LogP contribution in [0.4, 0.5) is 0 Å². The molecule has 59 heavy (non-hydrogen) atoms. The van der Waals surface area contributed by atoms with Crippen LogP contribution in [0.15, 0.2) is 54.7 Å². The van der Waals surface area contributed by atoms with Crippen LogP contribution in [-0.2, 0) is 60.8 Å². The third-order valence-corrected chi connectivity index (χ3v) is 8.49. The maximum atomic E-state index is 13.8. The molecule has 6 atom stereocenters. The lowest BCUT2D eigenvalue weighted by Gasteiger charge is -2.26. The number of aromatic hydroxyl groups is 1. The number of amides is 5. The molecular weight excluding hydrogens is 786 g/mol. The summed E-state index contributed by atoms with van der Waals surface area (Å²) in [4.78, 5) is 128. The molecule has 0 aliphatic heterocycles. The van der Waals surface area contributed by atoms with Crippen molar-refractivity contribution in [1.82, 2.24) is 31.6 Å². The lowest BCUT2D eigenvalue weighted by molar-refractivity contribution is -0.144. The number of carboxylic acid groups (broad SMARTS) is 5. The summed E-state index contributed by atoms with van der Waals surface area (Å²) in [6.45, 7) is 0. The molecule has 0 spiro atoms. The molecule has 1 heterocycles. The number of rotatable bonds is 23. The Hall–Kier alpha value is -7.56. The Morgan fingerprint density at radius 2 is 0.949 bits per heavy atom. The van der Waals surface area contributed by atoms with Gasteiger partial charge in [0, 0.05) is 29.9 Å². The molecule has 0 bridgehead atoms. The van der Waals surface area contributed by atoms with Gasteiger partial charge >= 0.3 is 29.8 Å². The second-order valence-electron chi connectivity index (χ2n) is 13.1. The number of carbonyl (C=O) groups is 10. The van der Waals surface area contributed by atoms with E-state index >= 15 is 0 Å². The fourth-order valence-corrected chi connectivity index (χ4v) is 5.60. The van der Waals surface area contributed by atoms with Crippen molar-refractivity contribution in [3.8, 4) is 5.75 Å². The summed E-state index contributed by atoms with van der Waals surface area (Å²) in [7, 11) is 0. The number of carboxylic acids is 5. The predicted octanol–water partition coefficient (Wildman–Crippen LogP) is -2.61. The highest BCUT2D eigenvalue weighted by molar-refractivity contribution is 5.99. The standard InChI is InChI=1S/C36H41N7O16/c37-20(11-27(45)46)31(53)39-23(12-28(47)48)33(55)41-25(14-30(51)52)35(57)42-24(13-29(49)50)34(56)40-22(10-17-15-38-21-4-2-1-3-19(17)21)32(54)43-26(36(58)59)9-16-5-7-18(44)8-6-16/h1-8,15,20,22-26,38,44H,9-14,37H2,(H,39,53)(H,40,56)(H,41,55)(H,42,57)(H,43,54)(H,45,46)(H,47,48)(H,49,50)(H,51,52)(H,58,59)/t20-,22-,23-,24-,25-,26-/m0/s1. The number of phenols is 1. The molecule has 0 radical (unpaired) electrons. The van der Waals surface area contributed by atoms with Crippen molar-refractivity contribution in [2.45, 2.75) is 74.8 Å². The van der Waals surface area contributed by atoms with E-state index < -0.39 is 121 Å². The molecule has 2 aromatic carbocycles. The lowest BCUT2D eigenvalue weighted by atomic mass is 10.0. The predicted molar refractivity (Wildman–Crippen MR) is 198 cm³/mol. The Morgan fingerprint density at radius 1 is 0.525 bits per heavy atom. The molecule has 0 unspecified atom stereocenters. The molecule has 5 amide bonds. The number of H-pyrrole nitrogens is 1. The molecule has 316 valence electrons. The van der Waals surface area contributed by atoms with Crippen molar-refractivity contribution in [3.05, 3.63) is 65.9 Å². The molecule has 23 nitrogen and oxygen atoms in total. The number of carbonyl (C=O) groups excluding carboxylic acids is 5. The van der Waals surface area contributed by atoms with Gasteiger partial charge in [-0.3, -0.25) is 43.2 Å². The van der Waals surface area contributed by atoms with Gasteiger partial charge in [0.1, 0.15) is 36.0 Å². The minimum atomic E-state index is -2.15. The Kier molecular flexibility index (Phi) is 16.4. The van der Waals surface area contributed by atoms with Crippen LogP contribution in [0, 0.1) is 0 Å². The monoisotopic (exact) mass is 827 g/mol. The van der Waals surface area contributed by atoms with Gasteiger partial charge in [-0.2, -0.15) is 0 Å². The molecule has 0 aliphatic rings. The Bertz CT molecular complexity index is 2090. The van der Waals surface area contributed by atoms with Crippen LogP contribution in [0.5, 0.6) is 5.75 Å². The zero-order valence-corrected chi connectivity index (χ0v) is 30.7. The fraction of sp³-hybridized carbons (Fsp3) is 0.333. The first-order valence-electron chi connectivity index (χ1n) is 17.4. The van der Waals surface area contributed by atoms with Crippen LogP contribution in [0.25, 0.3) is 10.9 Å². The first-order valence-corrected chi connectivity index (χ1v) is 17.4. The topological polar surface area (TPSA) is 394 Å². The van der Waals surface area contributed by atoms with Crippen molar-refractivity contribution in [2.24, 2.45) is 5.73 Å². The molecule has 14 N–H and O–H groups in total. The van der Waals surface area contributed by atoms with E-state index in [0.29, 0.717) is 22.0 Å². The molecule has 3 rings (SSSR count). The fourth-order valence-electron chi connectivity index (χ4n) is 5.60. The minimum absolute atomic E-state index is 0.100. The number of aromatic amines is 1. The normalized spacial score (nSPS) is 13.9. The van der Waals surface area contributed by atoms with Gasteiger partial charge in [-0.05, 0) is 29.3 Å². The molecular formula is C36H41N7O16. The molecule has 23 heteroatoms. The number of hydrogen-bond acceptors (Lipinski definition) is 12. The average molecular weight is 828 g/mol. The van der Waals surface area contributed by atoms with E-state index in [1.807, 2.05) is 16.0 Å². The summed E-state index contributed by atoms with van der Waals surface area (Å²) in [6.07, 6.45) is -3.55. The summed E-state index contributed by atoms with van der Waals surface area (Å²) < 4.78 is 0. The summed E-state index contributed by atoms with van der Waals surface area (Å²) in [5, 5.41) is 67.8. The van der Waals surface area contributed by atoms with E-state index in [4.69, 9.17) is 10.8 Å². The van der Waals surface area contributed by atoms with Gasteiger partial charge in [-0.15, -0.1) is 0 Å². The number of nitrogens with two attached hydrogens (primary N) is 1. The highest BCUT2D eigenvalue weighted by atomic mass is 16.4. The van der Waals surface area contributed by atoms with Gasteiger partial charge in [0.25, 0.3) is 0 Å². The van der Waals surface area contributed by atoms with E-state index in [1.54, 1.807) is 24.3 Å². The van der Waals surface area contributed by atoms with Crippen molar-refractivity contribution >= 4 is 70.3 Å². The number of benzene rings is 2. The van der Waals surface area contributed by atoms with Gasteiger partial charge in [0.05, 0.1) is 31.7 Å². The summed E-state index contributed by atoms with van der Waals surface area (Å²) >= 11 is 0. The first kappa shape index (κ1) is 45.8. The van der Waals surface area contributed by atoms with Crippen molar-refractivity contribution in [2.75, 3.05) is 0 Å². The first-order chi connectivity index (χ1) is 27.7. The van der Waals surface area contributed by atoms with Crippen LogP contribution in [0.3, 0.4) is 0 Å². The van der Waals surface area contributed by atoms with Gasteiger partial charge in [0.2, 0.25) is 29.5 Å². The Morgan fingerprint density at radius 3 is 1.42 bits per heavy atom. The number of nitrogens with one attached hydrogen (secondary N) is 6. The number of para-hydroxylation sites is 1. The van der Waals surface area contributed by atoms with Crippen LogP contribution < -0.4 is 32.3 Å². The number of aromatic nitrogens is 1. The van der Waals surface area contributed by atoms with E-state index in [1.165, 1.54) is 30.5 Å². The van der Waals surface area contributed by atoms with Gasteiger partial charge in [-0.25, -0.2) is 4.79 Å². The number of phenolic OH excluding ortho intramolecular Hbond substituents is 1. The average Bonchev–Trinajstić information content (AvgIpc) is 3.55. The van der Waals surface area contributed by atoms with Gasteiger partial charge < -0.3 is 67.9 Å². The maximum absolute atomic E-state index is 13.8. The summed E-state index contributed by atoms with van der Waals surface area (Å²) in [5.41, 5.74) is 6.93. The second kappa shape index (κ2) is 21.1. The molecule has 0 saturated heterocycles. The highest BCUT2D eigenvalue weighted by Crippen LogP contribution is 2.20. The molecule has 0 fully saturated rings. The minimum Gasteiger partial charge on any atom is -0.508 e. The molecule has 0 aliphatic carbocycles. The third kappa shape index (κ3) is 14.5. The maximum Gasteiger partial charge on any atom is 0.326 e. The van der Waals surface area contributed by atoms with Crippen molar-refractivity contribution in [3.63, 3.8) is 0 Å². The third-order valence-electron chi connectivity index (χ3n) is 8.49. The van der Waals surface area contributed by atoms with Crippen LogP contribution in [0.1, 0.15) is 36.8 Å². The van der Waals surface area contributed by atoms with Crippen LogP contribution in [-0.4, -0.2) is 131 Å². The van der Waals surface area contributed by atoms with Crippen LogP contribution >= 0.6 is 0 Å². The number of aliphatic carboxylic acids is 5. The summed E-state index contributed by atoms with van der Waals surface area (Å²) in [6, 6.07) is 1.00. The van der Waals surface area contributed by atoms with E-state index in [9.17, 15) is 73.5 Å². The van der Waals surface area contributed by atoms with E-state index in [2.05, 4.69) is 15.6 Å². The SMILES string of the molecule is N[C@@H](CC(=O)O)C(=O)N[C@@H](CC(=O)O)C(=O)N[C@@H](CC(=O)O)C(=O)N[C@@H](CC(=O)O)C(=O)N[C@@H](Cc1c[nH]c2ccccc12)C(=O)N[C@@H](Cc1ccc(O)cc1)C(=O)O. The zero-order valence-electron chi connectivity index (χ0n) is 30.7. The van der Waals surface area contributed by atoms with Gasteiger partial charge in [0.15, 0.2) is 0 Å². The molecule has 3 aromatic rings. The van der Waals surface area contributed by atoms with Crippen molar-refractivity contribution in [1.29, 1.82) is 0 Å². The lowest BCUT2D eigenvalue weighted by Crippen LogP contribution is -2.60. The molecule has 0 saturated carbocycles. The Labute approximate surface area is 332 Å². The largest absolute Gasteiger partial charge is 0.508 e. The van der Waals surface area contributed by atoms with Gasteiger partial charge in [-0.1, -0.05) is 30.3 Å². The van der Waals surface area contributed by atoms with E-state index in [0.717, 1.165) is 0 Å². The second-order valence-corrected chi connectivity index (χ2v) is 13.1. The zero-order chi connectivity index (χ0) is 44.0. The Balaban J connectivity index is 1.90.